The van der Waals surface area contributed by atoms with Gasteiger partial charge in [0.25, 0.3) is 0 Å². The van der Waals surface area contributed by atoms with Crippen LogP contribution >= 0.6 is 11.6 Å². The highest BCUT2D eigenvalue weighted by Crippen LogP contribution is 2.48. The van der Waals surface area contributed by atoms with E-state index in [-0.39, 0.29) is 5.92 Å². The lowest BCUT2D eigenvalue weighted by Gasteiger charge is -2.29. The van der Waals surface area contributed by atoms with Crippen molar-refractivity contribution in [3.8, 4) is 11.5 Å². The van der Waals surface area contributed by atoms with Crippen LogP contribution in [0.25, 0.3) is 0 Å². The first-order valence-corrected chi connectivity index (χ1v) is 8.32. The van der Waals surface area contributed by atoms with Crippen LogP contribution in [0.2, 0.25) is 5.02 Å². The Morgan fingerprint density at radius 3 is 2.40 bits per heavy atom. The molecule has 0 fully saturated rings. The molecular weight excluding hydrogens is 336 g/mol. The zero-order valence-corrected chi connectivity index (χ0v) is 14.2. The molecule has 4 heteroatoms. The number of hydrogen-bond acceptors (Lipinski definition) is 2. The molecule has 0 spiro atoms. The van der Waals surface area contributed by atoms with E-state index in [1.54, 1.807) is 24.3 Å². The van der Waals surface area contributed by atoms with Crippen molar-refractivity contribution in [2.24, 2.45) is 0 Å². The molecule has 1 heterocycles. The van der Waals surface area contributed by atoms with Gasteiger partial charge in [-0.1, -0.05) is 48.0 Å². The van der Waals surface area contributed by atoms with Gasteiger partial charge in [0.1, 0.15) is 11.5 Å². The number of fused-ring (bicyclic) bond motifs is 2. The predicted octanol–water partition coefficient (Wildman–Crippen LogP) is 5.63. The van der Waals surface area contributed by atoms with Gasteiger partial charge >= 0.3 is 5.97 Å². The molecule has 1 N–H and O–H groups in total. The van der Waals surface area contributed by atoms with Gasteiger partial charge in [0.2, 0.25) is 0 Å². The van der Waals surface area contributed by atoms with E-state index in [1.165, 1.54) is 0 Å². The monoisotopic (exact) mass is 350 g/mol. The number of ether oxygens (including phenoxy) is 1. The second kappa shape index (κ2) is 5.94. The lowest BCUT2D eigenvalue weighted by molar-refractivity contribution is 0.0695. The van der Waals surface area contributed by atoms with Crippen LogP contribution in [0.5, 0.6) is 11.5 Å². The molecule has 0 radical (unpaired) electrons. The van der Waals surface area contributed by atoms with Crippen LogP contribution in [0.3, 0.4) is 0 Å². The first kappa shape index (κ1) is 15.7. The zero-order valence-electron chi connectivity index (χ0n) is 13.5. The summed E-state index contributed by atoms with van der Waals surface area (Å²) >= 11 is 6.14. The summed E-state index contributed by atoms with van der Waals surface area (Å²) in [6.45, 7) is 2.00. The van der Waals surface area contributed by atoms with Crippen molar-refractivity contribution < 1.29 is 14.6 Å². The molecule has 3 nitrogen and oxygen atoms in total. The Morgan fingerprint density at radius 1 is 0.960 bits per heavy atom. The van der Waals surface area contributed by atoms with Crippen LogP contribution in [-0.2, 0) is 0 Å². The summed E-state index contributed by atoms with van der Waals surface area (Å²) in [4.78, 5) is 11.7. The summed E-state index contributed by atoms with van der Waals surface area (Å²) in [5.41, 5.74) is 3.98. The summed E-state index contributed by atoms with van der Waals surface area (Å²) in [5, 5.41) is 10.2. The van der Waals surface area contributed by atoms with E-state index in [1.807, 2.05) is 43.3 Å². The van der Waals surface area contributed by atoms with E-state index in [0.717, 1.165) is 28.0 Å². The minimum absolute atomic E-state index is 0.219. The summed E-state index contributed by atoms with van der Waals surface area (Å²) in [5.74, 6) is 0.242. The van der Waals surface area contributed by atoms with Gasteiger partial charge in [0.15, 0.2) is 0 Å². The number of benzene rings is 3. The SMILES string of the molecule is Cc1ccc2c(c1)Oc1cc(Cl)ccc1C2c1ccccc1C(=O)O. The highest BCUT2D eigenvalue weighted by molar-refractivity contribution is 6.30. The molecule has 0 saturated carbocycles. The van der Waals surface area contributed by atoms with E-state index in [9.17, 15) is 9.90 Å². The Kier molecular flexibility index (Phi) is 3.74. The van der Waals surface area contributed by atoms with Crippen LogP contribution < -0.4 is 4.74 Å². The average molecular weight is 351 g/mol. The Bertz CT molecular complexity index is 943. The van der Waals surface area contributed by atoms with Gasteiger partial charge < -0.3 is 9.84 Å². The van der Waals surface area contributed by atoms with Gasteiger partial charge in [-0.3, -0.25) is 0 Å². The fraction of sp³-hybridized carbons (Fsp3) is 0.0952. The third-order valence-electron chi connectivity index (χ3n) is 4.49. The van der Waals surface area contributed by atoms with Gasteiger partial charge in [-0.15, -0.1) is 0 Å². The van der Waals surface area contributed by atoms with Crippen molar-refractivity contribution in [3.05, 3.63) is 93.5 Å². The third-order valence-corrected chi connectivity index (χ3v) is 4.72. The molecule has 0 aromatic heterocycles. The van der Waals surface area contributed by atoms with Crippen molar-refractivity contribution >= 4 is 17.6 Å². The maximum Gasteiger partial charge on any atom is 0.335 e. The fourth-order valence-electron chi connectivity index (χ4n) is 3.37. The highest BCUT2D eigenvalue weighted by atomic mass is 35.5. The standard InChI is InChI=1S/C21H15ClO3/c1-12-6-8-16-18(10-12)25-19-11-13(22)7-9-17(19)20(16)14-4-2-3-5-15(14)21(23)24/h2-11,20H,1H3,(H,23,24). The number of rotatable bonds is 2. The molecular formula is C21H15ClO3. The van der Waals surface area contributed by atoms with Crippen LogP contribution in [0.1, 0.15) is 38.5 Å². The van der Waals surface area contributed by atoms with Gasteiger partial charge in [0, 0.05) is 22.1 Å². The Hall–Kier alpha value is -2.78. The molecule has 1 aliphatic rings. The van der Waals surface area contributed by atoms with E-state index in [0.29, 0.717) is 16.3 Å². The lowest BCUT2D eigenvalue weighted by Crippen LogP contribution is -2.15. The molecule has 1 aliphatic heterocycles. The smallest absolute Gasteiger partial charge is 0.335 e. The topological polar surface area (TPSA) is 46.5 Å². The quantitative estimate of drug-likeness (QED) is 0.509. The predicted molar refractivity (Wildman–Crippen MR) is 97.1 cm³/mol. The Balaban J connectivity index is 2.01. The summed E-state index contributed by atoms with van der Waals surface area (Å²) in [7, 11) is 0. The number of aryl methyl sites for hydroxylation is 1. The number of aromatic carboxylic acids is 1. The van der Waals surface area contributed by atoms with Gasteiger partial charge in [0.05, 0.1) is 5.56 Å². The second-order valence-electron chi connectivity index (χ2n) is 6.15. The molecule has 0 saturated heterocycles. The number of hydrogen-bond donors (Lipinski definition) is 1. The molecule has 25 heavy (non-hydrogen) atoms. The number of carboxylic acids is 1. The maximum atomic E-state index is 11.7. The molecule has 1 atom stereocenters. The number of halogens is 1. The lowest BCUT2D eigenvalue weighted by atomic mass is 9.80. The van der Waals surface area contributed by atoms with Crippen LogP contribution in [0.4, 0.5) is 0 Å². The Morgan fingerprint density at radius 2 is 1.64 bits per heavy atom. The van der Waals surface area contributed by atoms with Crippen molar-refractivity contribution in [3.63, 3.8) is 0 Å². The van der Waals surface area contributed by atoms with Gasteiger partial charge in [-0.05, 0) is 42.3 Å². The molecule has 4 rings (SSSR count). The van der Waals surface area contributed by atoms with Gasteiger partial charge in [-0.25, -0.2) is 4.79 Å². The van der Waals surface area contributed by atoms with Crippen molar-refractivity contribution in [2.75, 3.05) is 0 Å². The first-order valence-electron chi connectivity index (χ1n) is 7.94. The third kappa shape index (κ3) is 2.67. The van der Waals surface area contributed by atoms with Crippen LogP contribution in [0.15, 0.2) is 60.7 Å². The van der Waals surface area contributed by atoms with Gasteiger partial charge in [-0.2, -0.15) is 0 Å². The number of carbonyl (C=O) groups is 1. The molecule has 3 aromatic rings. The second-order valence-corrected chi connectivity index (χ2v) is 6.59. The van der Waals surface area contributed by atoms with E-state index in [4.69, 9.17) is 16.3 Å². The summed E-state index contributed by atoms with van der Waals surface area (Å²) in [6, 6.07) is 18.6. The van der Waals surface area contributed by atoms with Crippen LogP contribution in [-0.4, -0.2) is 11.1 Å². The largest absolute Gasteiger partial charge is 0.478 e. The average Bonchev–Trinajstić information content (AvgIpc) is 2.59. The Labute approximate surface area is 150 Å². The molecule has 0 amide bonds. The molecule has 0 bridgehead atoms. The molecule has 124 valence electrons. The minimum atomic E-state index is -0.939. The van der Waals surface area contributed by atoms with E-state index < -0.39 is 5.97 Å². The molecule has 1 unspecified atom stereocenters. The first-order chi connectivity index (χ1) is 12.0. The van der Waals surface area contributed by atoms with E-state index in [2.05, 4.69) is 0 Å². The number of carboxylic acid groups (broad SMARTS) is 1. The van der Waals surface area contributed by atoms with Crippen LogP contribution in [0, 0.1) is 6.92 Å². The summed E-state index contributed by atoms with van der Waals surface area (Å²) in [6.07, 6.45) is 0. The van der Waals surface area contributed by atoms with E-state index >= 15 is 0 Å². The maximum absolute atomic E-state index is 11.7. The van der Waals surface area contributed by atoms with Crippen molar-refractivity contribution in [1.29, 1.82) is 0 Å². The molecule has 0 aliphatic carbocycles. The van der Waals surface area contributed by atoms with Crippen molar-refractivity contribution in [2.45, 2.75) is 12.8 Å². The normalized spacial score (nSPS) is 15.0. The van der Waals surface area contributed by atoms with Crippen molar-refractivity contribution in [1.82, 2.24) is 0 Å². The zero-order chi connectivity index (χ0) is 17.6. The minimum Gasteiger partial charge on any atom is -0.478 e. The molecule has 3 aromatic carbocycles. The highest BCUT2D eigenvalue weighted by Gasteiger charge is 2.31. The fourth-order valence-corrected chi connectivity index (χ4v) is 3.53. The summed E-state index contributed by atoms with van der Waals surface area (Å²) < 4.78 is 6.06.